The standard InChI is InChI=1S/C11H7ClN2O3S2/c12-11-13-5-7(18-11)6-14-10(15)8-3-1-2-4-9(8)19(14,16)17/h1-5H,6H2. The zero-order valence-corrected chi connectivity index (χ0v) is 11.8. The summed E-state index contributed by atoms with van der Waals surface area (Å²) in [4.78, 5) is 16.6. The summed E-state index contributed by atoms with van der Waals surface area (Å²) < 4.78 is 25.7. The fourth-order valence-corrected chi connectivity index (χ4v) is 4.48. The van der Waals surface area contributed by atoms with Crippen LogP contribution in [0, 0.1) is 0 Å². The van der Waals surface area contributed by atoms with Gasteiger partial charge in [0.25, 0.3) is 15.9 Å². The van der Waals surface area contributed by atoms with Gasteiger partial charge in [0.15, 0.2) is 4.47 Å². The minimum Gasteiger partial charge on any atom is -0.268 e. The zero-order valence-electron chi connectivity index (χ0n) is 9.41. The number of halogens is 1. The van der Waals surface area contributed by atoms with E-state index in [0.29, 0.717) is 9.34 Å². The van der Waals surface area contributed by atoms with E-state index in [2.05, 4.69) is 4.98 Å². The number of rotatable bonds is 2. The average Bonchev–Trinajstić information content (AvgIpc) is 2.87. The summed E-state index contributed by atoms with van der Waals surface area (Å²) in [5.41, 5.74) is 0.207. The third kappa shape index (κ3) is 1.94. The quantitative estimate of drug-likeness (QED) is 0.851. The molecule has 98 valence electrons. The smallest absolute Gasteiger partial charge is 0.268 e. The molecule has 1 aromatic heterocycles. The summed E-state index contributed by atoms with van der Waals surface area (Å²) in [6, 6.07) is 6.17. The number of carbonyl (C=O) groups excluding carboxylic acids is 1. The van der Waals surface area contributed by atoms with Crippen molar-refractivity contribution in [1.29, 1.82) is 0 Å². The second-order valence-corrected chi connectivity index (χ2v) is 7.42. The van der Waals surface area contributed by atoms with Crippen LogP contribution in [0.15, 0.2) is 35.4 Å². The second-order valence-electron chi connectivity index (χ2n) is 3.89. The molecule has 1 aromatic carbocycles. The first-order valence-corrected chi connectivity index (χ1v) is 7.90. The van der Waals surface area contributed by atoms with E-state index in [1.54, 1.807) is 12.1 Å². The third-order valence-corrected chi connectivity index (χ3v) is 5.62. The van der Waals surface area contributed by atoms with Crippen molar-refractivity contribution in [2.75, 3.05) is 0 Å². The van der Waals surface area contributed by atoms with Crippen LogP contribution in [0.3, 0.4) is 0 Å². The second kappa shape index (κ2) is 4.29. The number of thiazole rings is 1. The van der Waals surface area contributed by atoms with E-state index in [9.17, 15) is 13.2 Å². The van der Waals surface area contributed by atoms with Crippen LogP contribution in [0.5, 0.6) is 0 Å². The van der Waals surface area contributed by atoms with Crippen LogP contribution < -0.4 is 0 Å². The van der Waals surface area contributed by atoms with E-state index in [-0.39, 0.29) is 17.0 Å². The van der Waals surface area contributed by atoms with E-state index in [1.165, 1.54) is 18.3 Å². The predicted octanol–water partition coefficient (Wildman–Crippen LogP) is 2.14. The number of benzene rings is 1. The number of hydrogen-bond donors (Lipinski definition) is 0. The third-order valence-electron chi connectivity index (χ3n) is 2.74. The molecule has 0 aliphatic carbocycles. The molecule has 5 nitrogen and oxygen atoms in total. The van der Waals surface area contributed by atoms with Gasteiger partial charge in [-0.2, -0.15) is 0 Å². The molecule has 0 saturated carbocycles. The molecule has 0 saturated heterocycles. The first kappa shape index (κ1) is 12.6. The molecule has 1 aliphatic heterocycles. The van der Waals surface area contributed by atoms with Gasteiger partial charge in [0, 0.05) is 11.1 Å². The molecule has 2 aromatic rings. The van der Waals surface area contributed by atoms with Crippen molar-refractivity contribution in [3.63, 3.8) is 0 Å². The lowest BCUT2D eigenvalue weighted by molar-refractivity contribution is 0.0866. The Kier molecular flexibility index (Phi) is 2.84. The Hall–Kier alpha value is -1.44. The van der Waals surface area contributed by atoms with Gasteiger partial charge < -0.3 is 0 Å². The summed E-state index contributed by atoms with van der Waals surface area (Å²) in [5.74, 6) is -0.514. The fourth-order valence-electron chi connectivity index (χ4n) is 1.89. The summed E-state index contributed by atoms with van der Waals surface area (Å²) in [6.07, 6.45) is 1.47. The minimum absolute atomic E-state index is 0.0414. The predicted molar refractivity (Wildman–Crippen MR) is 70.6 cm³/mol. The first-order valence-electron chi connectivity index (χ1n) is 5.26. The largest absolute Gasteiger partial charge is 0.269 e. The molecule has 0 atom stereocenters. The van der Waals surface area contributed by atoms with Crippen molar-refractivity contribution in [2.24, 2.45) is 0 Å². The molecule has 1 amide bonds. The molecule has 0 bridgehead atoms. The van der Waals surface area contributed by atoms with Crippen LogP contribution in [0.1, 0.15) is 15.2 Å². The van der Waals surface area contributed by atoms with Gasteiger partial charge in [0.2, 0.25) is 0 Å². The molecule has 19 heavy (non-hydrogen) atoms. The molecular formula is C11H7ClN2O3S2. The number of sulfonamides is 1. The molecule has 0 fully saturated rings. The van der Waals surface area contributed by atoms with Crippen LogP contribution in [0.4, 0.5) is 0 Å². The Balaban J connectivity index is 2.03. The molecule has 2 heterocycles. The highest BCUT2D eigenvalue weighted by atomic mass is 35.5. The summed E-state index contributed by atoms with van der Waals surface area (Å²) in [5, 5.41) is 0. The Morgan fingerprint density at radius 3 is 2.68 bits per heavy atom. The summed E-state index contributed by atoms with van der Waals surface area (Å²) in [6.45, 7) is -0.0414. The van der Waals surface area contributed by atoms with E-state index < -0.39 is 15.9 Å². The Labute approximate surface area is 118 Å². The molecule has 0 unspecified atom stereocenters. The highest BCUT2D eigenvalue weighted by molar-refractivity contribution is 7.90. The molecule has 0 spiro atoms. The Morgan fingerprint density at radius 2 is 2.05 bits per heavy atom. The maximum Gasteiger partial charge on any atom is 0.269 e. The van der Waals surface area contributed by atoms with E-state index in [1.807, 2.05) is 0 Å². The molecule has 8 heteroatoms. The zero-order chi connectivity index (χ0) is 13.6. The van der Waals surface area contributed by atoms with Crippen molar-refractivity contribution < 1.29 is 13.2 Å². The van der Waals surface area contributed by atoms with Crippen molar-refractivity contribution >= 4 is 38.9 Å². The van der Waals surface area contributed by atoms with E-state index >= 15 is 0 Å². The molecule has 0 radical (unpaired) electrons. The maximum absolute atomic E-state index is 12.3. The van der Waals surface area contributed by atoms with Crippen molar-refractivity contribution in [2.45, 2.75) is 11.4 Å². The minimum atomic E-state index is -3.76. The number of amides is 1. The Morgan fingerprint density at radius 1 is 1.32 bits per heavy atom. The summed E-state index contributed by atoms with van der Waals surface area (Å²) >= 11 is 6.85. The van der Waals surface area contributed by atoms with Crippen molar-refractivity contribution in [1.82, 2.24) is 9.29 Å². The van der Waals surface area contributed by atoms with Gasteiger partial charge in [-0.1, -0.05) is 23.7 Å². The highest BCUT2D eigenvalue weighted by Crippen LogP contribution is 2.32. The van der Waals surface area contributed by atoms with Crippen LogP contribution in [-0.2, 0) is 16.6 Å². The monoisotopic (exact) mass is 314 g/mol. The number of hydrogen-bond acceptors (Lipinski definition) is 5. The van der Waals surface area contributed by atoms with Crippen LogP contribution in [0.2, 0.25) is 4.47 Å². The van der Waals surface area contributed by atoms with Crippen molar-refractivity contribution in [3.8, 4) is 0 Å². The number of fused-ring (bicyclic) bond motifs is 1. The fraction of sp³-hybridized carbons (Fsp3) is 0.0909. The van der Waals surface area contributed by atoms with E-state index in [0.717, 1.165) is 15.6 Å². The average molecular weight is 315 g/mol. The maximum atomic E-state index is 12.3. The number of aromatic nitrogens is 1. The van der Waals surface area contributed by atoms with Gasteiger partial charge in [0.1, 0.15) is 4.90 Å². The summed E-state index contributed by atoms with van der Waals surface area (Å²) in [7, 11) is -3.76. The topological polar surface area (TPSA) is 67.3 Å². The van der Waals surface area contributed by atoms with Gasteiger partial charge in [-0.15, -0.1) is 11.3 Å². The lowest BCUT2D eigenvalue weighted by Crippen LogP contribution is -2.29. The van der Waals surface area contributed by atoms with Gasteiger partial charge in [-0.05, 0) is 12.1 Å². The van der Waals surface area contributed by atoms with E-state index in [4.69, 9.17) is 11.6 Å². The molecule has 0 N–H and O–H groups in total. The van der Waals surface area contributed by atoms with Crippen LogP contribution in [0.25, 0.3) is 0 Å². The molecular weight excluding hydrogens is 308 g/mol. The van der Waals surface area contributed by atoms with Gasteiger partial charge >= 0.3 is 0 Å². The lowest BCUT2D eigenvalue weighted by Gasteiger charge is -2.13. The Bertz CT molecular complexity index is 770. The normalized spacial score (nSPS) is 16.7. The SMILES string of the molecule is O=C1c2ccccc2S(=O)(=O)N1Cc1cnc(Cl)s1. The first-order chi connectivity index (χ1) is 9.00. The molecule has 3 rings (SSSR count). The highest BCUT2D eigenvalue weighted by Gasteiger charge is 2.40. The van der Waals surface area contributed by atoms with Crippen LogP contribution >= 0.6 is 22.9 Å². The van der Waals surface area contributed by atoms with Crippen LogP contribution in [-0.4, -0.2) is 23.6 Å². The van der Waals surface area contributed by atoms with Crippen molar-refractivity contribution in [3.05, 3.63) is 45.4 Å². The number of carbonyl (C=O) groups is 1. The van der Waals surface area contributed by atoms with Gasteiger partial charge in [-0.25, -0.2) is 17.7 Å². The van der Waals surface area contributed by atoms with Gasteiger partial charge in [-0.3, -0.25) is 4.79 Å². The van der Waals surface area contributed by atoms with Gasteiger partial charge in [0.05, 0.1) is 12.1 Å². The molecule has 1 aliphatic rings. The lowest BCUT2D eigenvalue weighted by atomic mass is 10.2. The number of nitrogens with zero attached hydrogens (tertiary/aromatic N) is 2.